The highest BCUT2D eigenvalue weighted by molar-refractivity contribution is 5.99. The van der Waals surface area contributed by atoms with Crippen molar-refractivity contribution in [2.45, 2.75) is 25.1 Å². The molecular formula is C20H17F3N4O. The van der Waals surface area contributed by atoms with Gasteiger partial charge in [0.15, 0.2) is 0 Å². The number of hydrogen-bond acceptors (Lipinski definition) is 4. The van der Waals surface area contributed by atoms with E-state index in [2.05, 4.69) is 15.3 Å². The maximum absolute atomic E-state index is 12.9. The molecule has 0 unspecified atom stereocenters. The lowest BCUT2D eigenvalue weighted by molar-refractivity contribution is -0.137. The number of para-hydroxylation sites is 1. The minimum Gasteiger partial charge on any atom is -0.344 e. The number of halogens is 3. The number of hydrogen-bond donors (Lipinski definition) is 1. The van der Waals surface area contributed by atoms with Crippen LogP contribution in [0.15, 0.2) is 54.9 Å². The summed E-state index contributed by atoms with van der Waals surface area (Å²) in [6.07, 6.45) is -1.61. The third-order valence-electron chi connectivity index (χ3n) is 4.81. The molecule has 0 aliphatic carbocycles. The predicted octanol–water partition coefficient (Wildman–Crippen LogP) is 4.26. The van der Waals surface area contributed by atoms with Crippen molar-refractivity contribution >= 4 is 28.3 Å². The zero-order valence-electron chi connectivity index (χ0n) is 14.8. The van der Waals surface area contributed by atoms with Crippen molar-refractivity contribution in [3.8, 4) is 0 Å². The number of alkyl halides is 3. The van der Waals surface area contributed by atoms with E-state index in [0.717, 1.165) is 29.5 Å². The third-order valence-corrected chi connectivity index (χ3v) is 4.81. The summed E-state index contributed by atoms with van der Waals surface area (Å²) in [5, 5.41) is 3.46. The van der Waals surface area contributed by atoms with E-state index in [-0.39, 0.29) is 11.6 Å². The Bertz CT molecular complexity index is 1020. The van der Waals surface area contributed by atoms with Gasteiger partial charge in [0.1, 0.15) is 18.2 Å². The standard InChI is InChI=1S/C20H17F3N4O/c21-20(22,23)13-5-3-6-14(11-13)26-19(28)17-9-4-10-27(17)18-15-7-1-2-8-16(15)24-12-25-18/h1-3,5-8,11-12,17H,4,9-10H2,(H,26,28)/t17-/m1/s1. The molecule has 3 aromatic rings. The van der Waals surface area contributed by atoms with E-state index in [9.17, 15) is 18.0 Å². The van der Waals surface area contributed by atoms with Crippen LogP contribution in [0, 0.1) is 0 Å². The molecule has 1 fully saturated rings. The average Bonchev–Trinajstić information content (AvgIpc) is 3.17. The first-order valence-electron chi connectivity index (χ1n) is 8.88. The van der Waals surface area contributed by atoms with Gasteiger partial charge in [-0.25, -0.2) is 9.97 Å². The van der Waals surface area contributed by atoms with Gasteiger partial charge in [0, 0.05) is 17.6 Å². The summed E-state index contributed by atoms with van der Waals surface area (Å²) in [6, 6.07) is 11.7. The molecule has 0 spiro atoms. The number of aromatic nitrogens is 2. The minimum atomic E-state index is -4.46. The second-order valence-corrected chi connectivity index (χ2v) is 6.63. The molecule has 5 nitrogen and oxygen atoms in total. The summed E-state index contributed by atoms with van der Waals surface area (Å²) in [7, 11) is 0. The Morgan fingerprint density at radius 2 is 1.93 bits per heavy atom. The highest BCUT2D eigenvalue weighted by Crippen LogP contribution is 2.32. The molecule has 4 rings (SSSR count). The monoisotopic (exact) mass is 386 g/mol. The molecular weight excluding hydrogens is 369 g/mol. The highest BCUT2D eigenvalue weighted by Gasteiger charge is 2.34. The first kappa shape index (κ1) is 18.2. The minimum absolute atomic E-state index is 0.124. The molecule has 28 heavy (non-hydrogen) atoms. The first-order chi connectivity index (χ1) is 13.4. The maximum atomic E-state index is 12.9. The van der Waals surface area contributed by atoms with Gasteiger partial charge in [-0.15, -0.1) is 0 Å². The van der Waals surface area contributed by atoms with Gasteiger partial charge in [0.25, 0.3) is 0 Å². The molecule has 0 bridgehead atoms. The summed E-state index contributed by atoms with van der Waals surface area (Å²) < 4.78 is 38.7. The summed E-state index contributed by atoms with van der Waals surface area (Å²) >= 11 is 0. The Kier molecular flexibility index (Phi) is 4.62. The smallest absolute Gasteiger partial charge is 0.344 e. The molecule has 8 heteroatoms. The third kappa shape index (κ3) is 3.49. The molecule has 1 aliphatic rings. The first-order valence-corrected chi connectivity index (χ1v) is 8.88. The maximum Gasteiger partial charge on any atom is 0.416 e. The van der Waals surface area contributed by atoms with Gasteiger partial charge in [-0.3, -0.25) is 4.79 Å². The molecule has 144 valence electrons. The van der Waals surface area contributed by atoms with Crippen LogP contribution in [-0.4, -0.2) is 28.5 Å². The largest absolute Gasteiger partial charge is 0.416 e. The number of rotatable bonds is 3. The number of nitrogens with one attached hydrogen (secondary N) is 1. The second kappa shape index (κ2) is 7.10. The summed E-state index contributed by atoms with van der Waals surface area (Å²) in [4.78, 5) is 23.3. The molecule has 1 N–H and O–H groups in total. The van der Waals surface area contributed by atoms with E-state index >= 15 is 0 Å². The zero-order valence-corrected chi connectivity index (χ0v) is 14.8. The van der Waals surface area contributed by atoms with E-state index < -0.39 is 17.8 Å². The lowest BCUT2D eigenvalue weighted by atomic mass is 10.1. The van der Waals surface area contributed by atoms with Crippen molar-refractivity contribution in [2.24, 2.45) is 0 Å². The fraction of sp³-hybridized carbons (Fsp3) is 0.250. The van der Waals surface area contributed by atoms with Crippen molar-refractivity contribution in [2.75, 3.05) is 16.8 Å². The predicted molar refractivity (Wildman–Crippen MR) is 100.0 cm³/mol. The van der Waals surface area contributed by atoms with Crippen LogP contribution in [0.2, 0.25) is 0 Å². The van der Waals surface area contributed by atoms with Crippen molar-refractivity contribution < 1.29 is 18.0 Å². The van der Waals surface area contributed by atoms with Crippen LogP contribution >= 0.6 is 0 Å². The van der Waals surface area contributed by atoms with Gasteiger partial charge in [0.05, 0.1) is 11.1 Å². The second-order valence-electron chi connectivity index (χ2n) is 6.63. The summed E-state index contributed by atoms with van der Waals surface area (Å²) in [5.74, 6) is 0.312. The van der Waals surface area contributed by atoms with E-state index in [1.807, 2.05) is 29.2 Å². The number of fused-ring (bicyclic) bond motifs is 1. The van der Waals surface area contributed by atoms with Crippen LogP contribution in [0.4, 0.5) is 24.7 Å². The van der Waals surface area contributed by atoms with E-state index in [1.54, 1.807) is 0 Å². The van der Waals surface area contributed by atoms with Crippen molar-refractivity contribution in [3.63, 3.8) is 0 Å². The lowest BCUT2D eigenvalue weighted by Gasteiger charge is -2.26. The van der Waals surface area contributed by atoms with Gasteiger partial charge in [0.2, 0.25) is 5.91 Å². The fourth-order valence-corrected chi connectivity index (χ4v) is 3.51. The van der Waals surface area contributed by atoms with Gasteiger partial charge in [-0.05, 0) is 43.2 Å². The topological polar surface area (TPSA) is 58.1 Å². The quantitative estimate of drug-likeness (QED) is 0.731. The van der Waals surface area contributed by atoms with Gasteiger partial charge in [-0.1, -0.05) is 18.2 Å². The number of carbonyl (C=O) groups is 1. The highest BCUT2D eigenvalue weighted by atomic mass is 19.4. The number of anilines is 2. The molecule has 1 aliphatic heterocycles. The number of amides is 1. The van der Waals surface area contributed by atoms with Crippen molar-refractivity contribution in [1.29, 1.82) is 0 Å². The van der Waals surface area contributed by atoms with Gasteiger partial charge < -0.3 is 10.2 Å². The molecule has 1 saturated heterocycles. The number of benzene rings is 2. The average molecular weight is 386 g/mol. The van der Waals surface area contributed by atoms with Crippen molar-refractivity contribution in [3.05, 3.63) is 60.4 Å². The van der Waals surface area contributed by atoms with Gasteiger partial charge in [-0.2, -0.15) is 13.2 Å². The summed E-state index contributed by atoms with van der Waals surface area (Å²) in [5.41, 5.74) is 0.103. The Morgan fingerprint density at radius 3 is 2.75 bits per heavy atom. The number of nitrogens with zero attached hydrogens (tertiary/aromatic N) is 3. The molecule has 2 heterocycles. The molecule has 0 saturated carbocycles. The van der Waals surface area contributed by atoms with Crippen LogP contribution in [0.3, 0.4) is 0 Å². The molecule has 1 aromatic heterocycles. The number of carbonyl (C=O) groups excluding carboxylic acids is 1. The van der Waals surface area contributed by atoms with Crippen LogP contribution in [-0.2, 0) is 11.0 Å². The Morgan fingerprint density at radius 1 is 1.11 bits per heavy atom. The molecule has 2 aromatic carbocycles. The van der Waals surface area contributed by atoms with E-state index in [1.165, 1.54) is 18.5 Å². The molecule has 1 amide bonds. The molecule has 1 atom stereocenters. The van der Waals surface area contributed by atoms with Crippen LogP contribution < -0.4 is 10.2 Å². The Hall–Kier alpha value is -3.16. The van der Waals surface area contributed by atoms with E-state index in [4.69, 9.17) is 0 Å². The SMILES string of the molecule is O=C(Nc1cccc(C(F)(F)F)c1)[C@H]1CCCN1c1ncnc2ccccc12. The van der Waals surface area contributed by atoms with Crippen LogP contribution in [0.25, 0.3) is 10.9 Å². The summed E-state index contributed by atoms with van der Waals surface area (Å²) in [6.45, 7) is 0.641. The Labute approximate surface area is 159 Å². The Balaban J connectivity index is 1.59. The lowest BCUT2D eigenvalue weighted by Crippen LogP contribution is -2.40. The van der Waals surface area contributed by atoms with Crippen LogP contribution in [0.1, 0.15) is 18.4 Å². The van der Waals surface area contributed by atoms with Crippen LogP contribution in [0.5, 0.6) is 0 Å². The van der Waals surface area contributed by atoms with Crippen molar-refractivity contribution in [1.82, 2.24) is 9.97 Å². The normalized spacial score (nSPS) is 17.1. The zero-order chi connectivity index (χ0) is 19.7. The molecule has 0 radical (unpaired) electrons. The van der Waals surface area contributed by atoms with Gasteiger partial charge >= 0.3 is 6.18 Å². The van der Waals surface area contributed by atoms with E-state index in [0.29, 0.717) is 18.8 Å². The fourth-order valence-electron chi connectivity index (χ4n) is 3.51.